The highest BCUT2D eigenvalue weighted by molar-refractivity contribution is 6.49. The molecule has 1 aliphatic carbocycles. The summed E-state index contributed by atoms with van der Waals surface area (Å²) in [5.41, 5.74) is 0.0772. The van der Waals surface area contributed by atoms with E-state index in [2.05, 4.69) is 20.8 Å². The molecule has 0 saturated heterocycles. The third-order valence-corrected chi connectivity index (χ3v) is 4.73. The molecule has 0 radical (unpaired) electrons. The normalized spacial score (nSPS) is 35.2. The van der Waals surface area contributed by atoms with Crippen molar-refractivity contribution < 1.29 is 0 Å². The maximum absolute atomic E-state index is 6.28. The molecule has 1 saturated carbocycles. The maximum Gasteiger partial charge on any atom is 0.125 e. The Bertz CT molecular complexity index is 150. The first kappa shape index (κ1) is 9.67. The number of hydrogen-bond donors (Lipinski definition) is 0. The fourth-order valence-electron chi connectivity index (χ4n) is 1.87. The summed E-state index contributed by atoms with van der Waals surface area (Å²) < 4.78 is -0.523. The number of hydrogen-bond acceptors (Lipinski definition) is 0. The number of alkyl halides is 2. The topological polar surface area (TPSA) is 0 Å². The van der Waals surface area contributed by atoms with Crippen molar-refractivity contribution in [2.24, 2.45) is 11.3 Å². The van der Waals surface area contributed by atoms with Crippen LogP contribution in [0.3, 0.4) is 0 Å². The Balaban J connectivity index is 2.82. The van der Waals surface area contributed by atoms with E-state index in [9.17, 15) is 0 Å². The minimum absolute atomic E-state index is 0.0772. The summed E-state index contributed by atoms with van der Waals surface area (Å²) >= 11 is 12.6. The fourth-order valence-corrected chi connectivity index (χ4v) is 2.27. The lowest BCUT2D eigenvalue weighted by Gasteiger charge is -2.45. The molecule has 0 bridgehead atoms. The Morgan fingerprint density at radius 2 is 1.82 bits per heavy atom. The molecule has 0 amide bonds. The second-order valence-corrected chi connectivity index (χ2v) is 5.69. The van der Waals surface area contributed by atoms with Crippen LogP contribution in [0.5, 0.6) is 0 Å². The van der Waals surface area contributed by atoms with Crippen molar-refractivity contribution in [2.75, 3.05) is 0 Å². The van der Waals surface area contributed by atoms with Crippen LogP contribution in [0.1, 0.15) is 40.0 Å². The van der Waals surface area contributed by atoms with Gasteiger partial charge in [0.25, 0.3) is 0 Å². The van der Waals surface area contributed by atoms with Crippen LogP contribution in [0.2, 0.25) is 0 Å². The van der Waals surface area contributed by atoms with E-state index in [4.69, 9.17) is 23.2 Å². The van der Waals surface area contributed by atoms with Gasteiger partial charge in [-0.2, -0.15) is 0 Å². The van der Waals surface area contributed by atoms with Crippen molar-refractivity contribution in [3.63, 3.8) is 0 Å². The van der Waals surface area contributed by atoms with Gasteiger partial charge < -0.3 is 0 Å². The van der Waals surface area contributed by atoms with Gasteiger partial charge >= 0.3 is 0 Å². The van der Waals surface area contributed by atoms with E-state index >= 15 is 0 Å². The molecule has 66 valence electrons. The van der Waals surface area contributed by atoms with Crippen molar-refractivity contribution in [1.29, 1.82) is 0 Å². The van der Waals surface area contributed by atoms with Crippen molar-refractivity contribution in [3.8, 4) is 0 Å². The first-order valence-corrected chi connectivity index (χ1v) is 5.01. The van der Waals surface area contributed by atoms with Crippen molar-refractivity contribution in [2.45, 2.75) is 44.4 Å². The van der Waals surface area contributed by atoms with Gasteiger partial charge in [0, 0.05) is 0 Å². The van der Waals surface area contributed by atoms with E-state index in [-0.39, 0.29) is 5.41 Å². The van der Waals surface area contributed by atoms with E-state index in [1.807, 2.05) is 0 Å². The van der Waals surface area contributed by atoms with Gasteiger partial charge in [0.1, 0.15) is 4.33 Å². The highest BCUT2D eigenvalue weighted by Crippen LogP contribution is 2.53. The zero-order valence-corrected chi connectivity index (χ0v) is 8.97. The van der Waals surface area contributed by atoms with Gasteiger partial charge in [0.15, 0.2) is 0 Å². The third-order valence-electron chi connectivity index (χ3n) is 2.96. The summed E-state index contributed by atoms with van der Waals surface area (Å²) in [7, 11) is 0. The van der Waals surface area contributed by atoms with Gasteiger partial charge in [0.05, 0.1) is 0 Å². The Hall–Kier alpha value is 0.580. The molecule has 0 nitrogen and oxygen atoms in total. The minimum atomic E-state index is -0.523. The molecule has 0 aromatic rings. The summed E-state index contributed by atoms with van der Waals surface area (Å²) in [4.78, 5) is 0. The quantitative estimate of drug-likeness (QED) is 0.512. The lowest BCUT2D eigenvalue weighted by molar-refractivity contribution is 0.171. The van der Waals surface area contributed by atoms with Gasteiger partial charge in [-0.3, -0.25) is 0 Å². The van der Waals surface area contributed by atoms with Gasteiger partial charge in [-0.05, 0) is 24.2 Å². The van der Waals surface area contributed by atoms with Crippen LogP contribution < -0.4 is 0 Å². The molecule has 1 aliphatic rings. The smallest absolute Gasteiger partial charge is 0.101 e. The van der Waals surface area contributed by atoms with Crippen LogP contribution >= 0.6 is 23.2 Å². The summed E-state index contributed by atoms with van der Waals surface area (Å²) in [6.07, 6.45) is 3.57. The second kappa shape index (κ2) is 2.81. The average Bonchev–Trinajstić information content (AvgIpc) is 1.84. The molecule has 0 heterocycles. The summed E-state index contributed by atoms with van der Waals surface area (Å²) in [5, 5.41) is 0. The van der Waals surface area contributed by atoms with E-state index in [1.54, 1.807) is 0 Å². The Kier molecular flexibility index (Phi) is 2.47. The zero-order chi connectivity index (χ0) is 8.70. The molecule has 0 aromatic carbocycles. The largest absolute Gasteiger partial charge is 0.125 e. The lowest BCUT2D eigenvalue weighted by atomic mass is 9.72. The molecule has 0 aliphatic heterocycles. The molecule has 0 N–H and O–H groups in total. The lowest BCUT2D eigenvalue weighted by Crippen LogP contribution is -2.43. The number of rotatable bonds is 0. The second-order valence-electron chi connectivity index (χ2n) is 4.30. The van der Waals surface area contributed by atoms with Gasteiger partial charge in [0.2, 0.25) is 0 Å². The molecule has 1 rings (SSSR count). The highest BCUT2D eigenvalue weighted by Gasteiger charge is 2.48. The monoisotopic (exact) mass is 194 g/mol. The van der Waals surface area contributed by atoms with Crippen molar-refractivity contribution >= 4 is 23.2 Å². The maximum atomic E-state index is 6.28. The summed E-state index contributed by atoms with van der Waals surface area (Å²) in [5.74, 6) is 0.426. The van der Waals surface area contributed by atoms with Crippen LogP contribution in [-0.2, 0) is 0 Å². The first-order chi connectivity index (χ1) is 4.88. The predicted octanol–water partition coefficient (Wildman–Crippen LogP) is 4.01. The molecular weight excluding hydrogens is 179 g/mol. The first-order valence-electron chi connectivity index (χ1n) is 4.26. The summed E-state index contributed by atoms with van der Waals surface area (Å²) in [6.45, 7) is 6.45. The fraction of sp³-hybridized carbons (Fsp3) is 1.00. The highest BCUT2D eigenvalue weighted by atomic mass is 35.5. The molecule has 0 aromatic heterocycles. The van der Waals surface area contributed by atoms with Crippen LogP contribution in [0.25, 0.3) is 0 Å². The standard InChI is InChI=1S/C9H16Cl2/c1-7-5-4-6-8(2,3)9(7,10)11/h7H,4-6H2,1-3H3/t7-/m0/s1. The predicted molar refractivity (Wildman–Crippen MR) is 51.2 cm³/mol. The van der Waals surface area contributed by atoms with Gasteiger partial charge in [-0.15, -0.1) is 23.2 Å². The zero-order valence-electron chi connectivity index (χ0n) is 7.45. The molecule has 2 heteroatoms. The third kappa shape index (κ3) is 1.53. The molecule has 1 fully saturated rings. The average molecular weight is 195 g/mol. The molecule has 11 heavy (non-hydrogen) atoms. The van der Waals surface area contributed by atoms with E-state index in [1.165, 1.54) is 6.42 Å². The Labute approximate surface area is 79.3 Å². The molecular formula is C9H16Cl2. The Morgan fingerprint density at radius 1 is 1.27 bits per heavy atom. The number of halogens is 2. The summed E-state index contributed by atoms with van der Waals surface area (Å²) in [6, 6.07) is 0. The van der Waals surface area contributed by atoms with Gasteiger partial charge in [-0.25, -0.2) is 0 Å². The van der Waals surface area contributed by atoms with Crippen LogP contribution in [0.4, 0.5) is 0 Å². The van der Waals surface area contributed by atoms with E-state index < -0.39 is 4.33 Å². The van der Waals surface area contributed by atoms with E-state index in [0.29, 0.717) is 5.92 Å². The minimum Gasteiger partial charge on any atom is -0.101 e. The van der Waals surface area contributed by atoms with Gasteiger partial charge in [-0.1, -0.05) is 27.2 Å². The van der Waals surface area contributed by atoms with E-state index in [0.717, 1.165) is 12.8 Å². The van der Waals surface area contributed by atoms with Crippen LogP contribution in [-0.4, -0.2) is 4.33 Å². The molecule has 1 atom stereocenters. The van der Waals surface area contributed by atoms with Crippen LogP contribution in [0.15, 0.2) is 0 Å². The molecule has 0 spiro atoms. The van der Waals surface area contributed by atoms with Crippen molar-refractivity contribution in [1.82, 2.24) is 0 Å². The molecule has 0 unspecified atom stereocenters. The Morgan fingerprint density at radius 3 is 2.18 bits per heavy atom. The van der Waals surface area contributed by atoms with Crippen LogP contribution in [0, 0.1) is 11.3 Å². The SMILES string of the molecule is C[C@H]1CCCC(C)(C)C1(Cl)Cl. The van der Waals surface area contributed by atoms with Crippen molar-refractivity contribution in [3.05, 3.63) is 0 Å².